The van der Waals surface area contributed by atoms with Crippen LogP contribution < -0.4 is 5.73 Å². The zero-order valence-electron chi connectivity index (χ0n) is 7.62. The number of thiazole rings is 1. The third kappa shape index (κ3) is 1.18. The summed E-state index contributed by atoms with van der Waals surface area (Å²) in [4.78, 5) is 7.19. The van der Waals surface area contributed by atoms with Crippen molar-refractivity contribution in [1.82, 2.24) is 4.98 Å². The van der Waals surface area contributed by atoms with Gasteiger partial charge in [0.05, 0.1) is 10.6 Å². The molecule has 2 aromatic heterocycles. The fourth-order valence-corrected chi connectivity index (χ4v) is 3.83. The Morgan fingerprint density at radius 2 is 2.29 bits per heavy atom. The van der Waals surface area contributed by atoms with Gasteiger partial charge in [-0.25, -0.2) is 4.98 Å². The molecule has 2 N–H and O–H groups in total. The van der Waals surface area contributed by atoms with E-state index in [1.54, 1.807) is 11.3 Å². The van der Waals surface area contributed by atoms with Crippen molar-refractivity contribution in [3.63, 3.8) is 0 Å². The first-order chi connectivity index (χ1) is 6.84. The second kappa shape index (κ2) is 3.07. The molecule has 2 nitrogen and oxygen atoms in total. The lowest BCUT2D eigenvalue weighted by molar-refractivity contribution is 0.826. The average Bonchev–Trinajstić information content (AvgIpc) is 2.70. The summed E-state index contributed by atoms with van der Waals surface area (Å²) in [5.41, 5.74) is 8.32. The van der Waals surface area contributed by atoms with Crippen molar-refractivity contribution in [3.05, 3.63) is 22.0 Å². The number of fused-ring (bicyclic) bond motifs is 3. The van der Waals surface area contributed by atoms with Crippen molar-refractivity contribution in [1.29, 1.82) is 0 Å². The van der Waals surface area contributed by atoms with Crippen LogP contribution in [0.25, 0.3) is 10.4 Å². The van der Waals surface area contributed by atoms with Gasteiger partial charge in [-0.05, 0) is 30.7 Å². The van der Waals surface area contributed by atoms with Gasteiger partial charge < -0.3 is 5.73 Å². The van der Waals surface area contributed by atoms with Gasteiger partial charge in [0.25, 0.3) is 0 Å². The van der Waals surface area contributed by atoms with E-state index >= 15 is 0 Å². The molecule has 0 aromatic carbocycles. The van der Waals surface area contributed by atoms with E-state index in [9.17, 15) is 0 Å². The molecular formula is C10H10N2S2. The first-order valence-corrected chi connectivity index (χ1v) is 6.36. The number of nitrogens with zero attached hydrogens (tertiary/aromatic N) is 1. The van der Waals surface area contributed by atoms with Crippen LogP contribution in [0, 0.1) is 0 Å². The Kier molecular flexibility index (Phi) is 1.85. The van der Waals surface area contributed by atoms with Crippen molar-refractivity contribution in [3.8, 4) is 10.4 Å². The van der Waals surface area contributed by atoms with E-state index in [0.717, 1.165) is 6.42 Å². The number of aryl methyl sites for hydroxylation is 2. The van der Waals surface area contributed by atoms with Crippen LogP contribution in [0.2, 0.25) is 0 Å². The first-order valence-electron chi connectivity index (χ1n) is 4.66. The highest BCUT2D eigenvalue weighted by atomic mass is 32.1. The number of hydrogen-bond acceptors (Lipinski definition) is 4. The summed E-state index contributed by atoms with van der Waals surface area (Å²) in [6, 6.07) is 2.20. The van der Waals surface area contributed by atoms with Crippen molar-refractivity contribution in [2.24, 2.45) is 0 Å². The molecule has 0 radical (unpaired) electrons. The molecule has 0 fully saturated rings. The van der Waals surface area contributed by atoms with Crippen molar-refractivity contribution < 1.29 is 0 Å². The normalized spacial score (nSPS) is 14.6. The van der Waals surface area contributed by atoms with Gasteiger partial charge in [0.2, 0.25) is 0 Å². The standard InChI is InChI=1S/C10H10N2S2/c11-10-12-7-2-1-3-8-6(4-5-13-8)9(7)14-10/h4-5H,1-3H2,(H2,11,12). The zero-order valence-corrected chi connectivity index (χ0v) is 9.25. The molecule has 0 bridgehead atoms. The van der Waals surface area contributed by atoms with Crippen molar-refractivity contribution in [2.45, 2.75) is 19.3 Å². The van der Waals surface area contributed by atoms with Crippen LogP contribution in [0.15, 0.2) is 11.4 Å². The third-order valence-electron chi connectivity index (χ3n) is 2.52. The second-order valence-corrected chi connectivity index (χ2v) is 5.47. The molecule has 0 saturated heterocycles. The molecule has 0 aliphatic heterocycles. The predicted molar refractivity (Wildman–Crippen MR) is 61.9 cm³/mol. The monoisotopic (exact) mass is 222 g/mol. The Bertz CT molecular complexity index is 470. The number of hydrogen-bond donors (Lipinski definition) is 1. The maximum atomic E-state index is 5.75. The van der Waals surface area contributed by atoms with Gasteiger partial charge in [-0.15, -0.1) is 11.3 Å². The Balaban J connectivity index is 2.26. The lowest BCUT2D eigenvalue weighted by Gasteiger charge is -1.94. The summed E-state index contributed by atoms with van der Waals surface area (Å²) in [6.45, 7) is 0. The van der Waals surface area contributed by atoms with Gasteiger partial charge >= 0.3 is 0 Å². The lowest BCUT2D eigenvalue weighted by Crippen LogP contribution is -1.88. The van der Waals surface area contributed by atoms with Crippen LogP contribution in [0.3, 0.4) is 0 Å². The average molecular weight is 222 g/mol. The molecule has 3 rings (SSSR count). The van der Waals surface area contributed by atoms with Crippen LogP contribution >= 0.6 is 22.7 Å². The molecule has 72 valence electrons. The minimum Gasteiger partial charge on any atom is -0.375 e. The van der Waals surface area contributed by atoms with Gasteiger partial charge in [0.15, 0.2) is 5.13 Å². The topological polar surface area (TPSA) is 38.9 Å². The predicted octanol–water partition coefficient (Wildman–Crippen LogP) is 2.94. The van der Waals surface area contributed by atoms with E-state index in [2.05, 4.69) is 16.4 Å². The highest BCUT2D eigenvalue weighted by Crippen LogP contribution is 2.39. The van der Waals surface area contributed by atoms with Gasteiger partial charge in [-0.1, -0.05) is 11.3 Å². The molecule has 4 heteroatoms. The Hall–Kier alpha value is -0.870. The van der Waals surface area contributed by atoms with Crippen LogP contribution in [0.1, 0.15) is 17.0 Å². The summed E-state index contributed by atoms with van der Waals surface area (Å²) < 4.78 is 0. The molecule has 1 aliphatic carbocycles. The Morgan fingerprint density at radius 1 is 1.36 bits per heavy atom. The van der Waals surface area contributed by atoms with Gasteiger partial charge in [0.1, 0.15) is 0 Å². The molecule has 0 saturated carbocycles. The van der Waals surface area contributed by atoms with E-state index in [1.807, 2.05) is 11.3 Å². The molecule has 1 aliphatic rings. The maximum absolute atomic E-state index is 5.75. The highest BCUT2D eigenvalue weighted by molar-refractivity contribution is 7.19. The molecule has 2 aromatic rings. The van der Waals surface area contributed by atoms with E-state index in [4.69, 9.17) is 5.73 Å². The maximum Gasteiger partial charge on any atom is 0.180 e. The molecule has 0 unspecified atom stereocenters. The van der Waals surface area contributed by atoms with E-state index in [1.165, 1.54) is 33.9 Å². The van der Waals surface area contributed by atoms with E-state index < -0.39 is 0 Å². The molecule has 0 atom stereocenters. The second-order valence-electron chi connectivity index (χ2n) is 3.44. The summed E-state index contributed by atoms with van der Waals surface area (Å²) in [5, 5.41) is 2.87. The largest absolute Gasteiger partial charge is 0.375 e. The van der Waals surface area contributed by atoms with Gasteiger partial charge in [-0.3, -0.25) is 0 Å². The van der Waals surface area contributed by atoms with Crippen LogP contribution in [0.5, 0.6) is 0 Å². The van der Waals surface area contributed by atoms with Crippen molar-refractivity contribution >= 4 is 27.8 Å². The van der Waals surface area contributed by atoms with Gasteiger partial charge in [0, 0.05) is 10.4 Å². The summed E-state index contributed by atoms with van der Waals surface area (Å²) in [7, 11) is 0. The Labute approximate surface area is 90.4 Å². The van der Waals surface area contributed by atoms with Crippen LogP contribution in [-0.2, 0) is 12.8 Å². The number of aromatic nitrogens is 1. The zero-order chi connectivity index (χ0) is 9.54. The SMILES string of the molecule is Nc1nc2c(s1)-c1ccsc1CCC2. The van der Waals surface area contributed by atoms with Crippen molar-refractivity contribution in [2.75, 3.05) is 5.73 Å². The number of rotatable bonds is 0. The molecule has 0 spiro atoms. The summed E-state index contributed by atoms with van der Waals surface area (Å²) >= 11 is 3.47. The lowest BCUT2D eigenvalue weighted by atomic mass is 10.2. The first kappa shape index (κ1) is 8.44. The van der Waals surface area contributed by atoms with E-state index in [-0.39, 0.29) is 0 Å². The quantitative estimate of drug-likeness (QED) is 0.744. The molecule has 2 heterocycles. The fourth-order valence-electron chi connectivity index (χ4n) is 1.90. The third-order valence-corrected chi connectivity index (χ3v) is 4.46. The van der Waals surface area contributed by atoms with Gasteiger partial charge in [-0.2, -0.15) is 0 Å². The van der Waals surface area contributed by atoms with E-state index in [0.29, 0.717) is 5.13 Å². The number of nitrogen functional groups attached to an aromatic ring is 1. The van der Waals surface area contributed by atoms with Crippen LogP contribution in [-0.4, -0.2) is 4.98 Å². The van der Waals surface area contributed by atoms with Crippen LogP contribution in [0.4, 0.5) is 5.13 Å². The fraction of sp³-hybridized carbons (Fsp3) is 0.300. The minimum atomic E-state index is 0.703. The molecule has 0 amide bonds. The number of thiophene rings is 1. The molecule has 14 heavy (non-hydrogen) atoms. The smallest absolute Gasteiger partial charge is 0.180 e. The highest BCUT2D eigenvalue weighted by Gasteiger charge is 2.18. The Morgan fingerprint density at radius 3 is 3.21 bits per heavy atom. The number of anilines is 1. The number of nitrogens with two attached hydrogens (primary N) is 1. The molecular weight excluding hydrogens is 212 g/mol. The summed E-state index contributed by atoms with van der Waals surface area (Å²) in [5.74, 6) is 0. The summed E-state index contributed by atoms with van der Waals surface area (Å²) in [6.07, 6.45) is 3.46. The minimum absolute atomic E-state index is 0.703.